The molecule has 2 aromatic carbocycles. The van der Waals surface area contributed by atoms with Crippen LogP contribution in [0.25, 0.3) is 0 Å². The number of hydrogen-bond donors (Lipinski definition) is 0. The van der Waals surface area contributed by atoms with E-state index in [0.29, 0.717) is 35.8 Å². The van der Waals surface area contributed by atoms with Gasteiger partial charge in [-0.3, -0.25) is 4.79 Å². The molecular weight excluding hydrogens is 344 g/mol. The molecule has 1 heterocycles. The summed E-state index contributed by atoms with van der Waals surface area (Å²) in [5, 5.41) is 0.132. The number of ether oxygens (including phenoxy) is 2. The minimum absolute atomic E-state index is 0.0409. The molecule has 0 saturated carbocycles. The molecule has 0 N–H and O–H groups in total. The first-order valence-corrected chi connectivity index (χ1v) is 11.8. The Bertz CT molecular complexity index is 804. The van der Waals surface area contributed by atoms with Crippen molar-refractivity contribution in [3.63, 3.8) is 0 Å². The minimum atomic E-state index is -1.89. The highest BCUT2D eigenvalue weighted by Gasteiger charge is 2.38. The van der Waals surface area contributed by atoms with E-state index in [-0.39, 0.29) is 10.8 Å². The van der Waals surface area contributed by atoms with Crippen molar-refractivity contribution in [2.75, 3.05) is 13.2 Å². The van der Waals surface area contributed by atoms with E-state index in [1.807, 2.05) is 24.3 Å². The highest BCUT2D eigenvalue weighted by atomic mass is 28.4. The molecule has 138 valence electrons. The molecule has 0 atom stereocenters. The summed E-state index contributed by atoms with van der Waals surface area (Å²) in [5.74, 6) is 2.09. The molecule has 0 spiro atoms. The molecule has 0 amide bonds. The van der Waals surface area contributed by atoms with Crippen LogP contribution in [0.3, 0.4) is 0 Å². The fourth-order valence-corrected chi connectivity index (χ4v) is 3.50. The lowest BCUT2D eigenvalue weighted by Gasteiger charge is -2.36. The molecule has 0 fully saturated rings. The first-order chi connectivity index (χ1) is 12.2. The summed E-state index contributed by atoms with van der Waals surface area (Å²) in [7, 11) is -1.89. The number of rotatable bonds is 4. The lowest BCUT2D eigenvalue weighted by Crippen LogP contribution is -2.43. The number of carbonyl (C=O) groups excluding carboxylic acids is 1. The van der Waals surface area contributed by atoms with Crippen molar-refractivity contribution in [1.29, 1.82) is 0 Å². The zero-order valence-corrected chi connectivity index (χ0v) is 17.1. The van der Waals surface area contributed by atoms with E-state index in [9.17, 15) is 4.79 Å². The van der Waals surface area contributed by atoms with Crippen LogP contribution in [-0.2, 0) is 0 Å². The first-order valence-electron chi connectivity index (χ1n) is 8.91. The van der Waals surface area contributed by atoms with Crippen molar-refractivity contribution < 1.29 is 18.7 Å². The Morgan fingerprint density at radius 2 is 1.50 bits per heavy atom. The van der Waals surface area contributed by atoms with Crippen LogP contribution >= 0.6 is 0 Å². The number of hydrogen-bond acceptors (Lipinski definition) is 4. The molecule has 2 aromatic rings. The monoisotopic (exact) mass is 370 g/mol. The number of ketones is 1. The van der Waals surface area contributed by atoms with Crippen molar-refractivity contribution >= 4 is 14.1 Å². The van der Waals surface area contributed by atoms with Gasteiger partial charge in [-0.2, -0.15) is 0 Å². The summed E-state index contributed by atoms with van der Waals surface area (Å²) in [6.07, 6.45) is 0. The zero-order valence-electron chi connectivity index (χ0n) is 16.1. The second-order valence-electron chi connectivity index (χ2n) is 8.07. The van der Waals surface area contributed by atoms with E-state index in [4.69, 9.17) is 13.9 Å². The van der Waals surface area contributed by atoms with Gasteiger partial charge in [-0.05, 0) is 60.6 Å². The van der Waals surface area contributed by atoms with Crippen molar-refractivity contribution in [1.82, 2.24) is 0 Å². The molecule has 0 bridgehead atoms. The standard InChI is InChI=1S/C21H26O4Si/c1-21(2,3)26(4,5)25-17-9-6-15(7-10-17)20(22)16-8-11-18-19(14-16)24-13-12-23-18/h6-11,14H,12-13H2,1-5H3. The molecule has 0 saturated heterocycles. The molecule has 5 heteroatoms. The normalized spacial score (nSPS) is 14.0. The van der Waals surface area contributed by atoms with Gasteiger partial charge in [0, 0.05) is 11.1 Å². The molecule has 0 unspecified atom stereocenters. The third kappa shape index (κ3) is 3.77. The predicted molar refractivity (Wildman–Crippen MR) is 105 cm³/mol. The maximum Gasteiger partial charge on any atom is 0.250 e. The summed E-state index contributed by atoms with van der Waals surface area (Å²) in [6, 6.07) is 12.7. The molecule has 0 aliphatic carbocycles. The van der Waals surface area contributed by atoms with Gasteiger partial charge < -0.3 is 13.9 Å². The molecule has 0 aromatic heterocycles. The van der Waals surface area contributed by atoms with Crippen LogP contribution in [0.5, 0.6) is 17.2 Å². The molecule has 1 aliphatic heterocycles. The minimum Gasteiger partial charge on any atom is -0.544 e. The van der Waals surface area contributed by atoms with Gasteiger partial charge >= 0.3 is 0 Å². The SMILES string of the molecule is CC(C)(C)[Si](C)(C)Oc1ccc(C(=O)c2ccc3c(c2)OCCO3)cc1. The van der Waals surface area contributed by atoms with Crippen LogP contribution < -0.4 is 13.9 Å². The average Bonchev–Trinajstić information content (AvgIpc) is 2.60. The number of benzene rings is 2. The van der Waals surface area contributed by atoms with Crippen molar-refractivity contribution in [3.05, 3.63) is 53.6 Å². The second-order valence-corrected chi connectivity index (χ2v) is 12.8. The molecule has 1 aliphatic rings. The largest absolute Gasteiger partial charge is 0.544 e. The van der Waals surface area contributed by atoms with Gasteiger partial charge in [-0.25, -0.2) is 0 Å². The quantitative estimate of drug-likeness (QED) is 0.556. The van der Waals surface area contributed by atoms with Gasteiger partial charge in [0.15, 0.2) is 17.3 Å². The molecule has 3 rings (SSSR count). The van der Waals surface area contributed by atoms with Crippen molar-refractivity contribution in [2.24, 2.45) is 0 Å². The van der Waals surface area contributed by atoms with Gasteiger partial charge in [0.05, 0.1) is 0 Å². The summed E-state index contributed by atoms with van der Waals surface area (Å²) < 4.78 is 17.3. The van der Waals surface area contributed by atoms with Crippen LogP contribution in [0.2, 0.25) is 18.1 Å². The molecule has 26 heavy (non-hydrogen) atoms. The van der Waals surface area contributed by atoms with E-state index >= 15 is 0 Å². The van der Waals surface area contributed by atoms with Crippen LogP contribution in [0, 0.1) is 0 Å². The van der Waals surface area contributed by atoms with Gasteiger partial charge in [0.2, 0.25) is 8.32 Å². The molecule has 0 radical (unpaired) electrons. The van der Waals surface area contributed by atoms with Crippen LogP contribution in [0.15, 0.2) is 42.5 Å². The third-order valence-electron chi connectivity index (χ3n) is 5.10. The van der Waals surface area contributed by atoms with Gasteiger partial charge in [0.25, 0.3) is 0 Å². The summed E-state index contributed by atoms with van der Waals surface area (Å²) in [6.45, 7) is 12.1. The van der Waals surface area contributed by atoms with Gasteiger partial charge in [-0.1, -0.05) is 20.8 Å². The maximum absolute atomic E-state index is 12.8. The van der Waals surface area contributed by atoms with Gasteiger partial charge in [-0.15, -0.1) is 0 Å². The van der Waals surface area contributed by atoms with E-state index in [1.54, 1.807) is 18.2 Å². The lowest BCUT2D eigenvalue weighted by molar-refractivity contribution is 0.103. The van der Waals surface area contributed by atoms with Crippen LogP contribution in [0.1, 0.15) is 36.7 Å². The fraction of sp³-hybridized carbons (Fsp3) is 0.381. The molecular formula is C21H26O4Si. The zero-order chi connectivity index (χ0) is 18.9. The number of carbonyl (C=O) groups is 1. The van der Waals surface area contributed by atoms with Crippen LogP contribution in [-0.4, -0.2) is 27.3 Å². The van der Waals surface area contributed by atoms with Gasteiger partial charge in [0.1, 0.15) is 19.0 Å². The fourth-order valence-electron chi connectivity index (χ4n) is 2.47. The Hall–Kier alpha value is -2.27. The predicted octanol–water partition coefficient (Wildman–Crippen LogP) is 5.07. The lowest BCUT2D eigenvalue weighted by atomic mass is 10.0. The smallest absolute Gasteiger partial charge is 0.250 e. The third-order valence-corrected chi connectivity index (χ3v) is 9.46. The summed E-state index contributed by atoms with van der Waals surface area (Å²) >= 11 is 0. The Labute approximate surface area is 156 Å². The number of fused-ring (bicyclic) bond motifs is 1. The summed E-state index contributed by atoms with van der Waals surface area (Å²) in [5.41, 5.74) is 1.22. The van der Waals surface area contributed by atoms with E-state index in [1.165, 1.54) is 0 Å². The van der Waals surface area contributed by atoms with E-state index in [2.05, 4.69) is 33.9 Å². The highest BCUT2D eigenvalue weighted by molar-refractivity contribution is 6.74. The highest BCUT2D eigenvalue weighted by Crippen LogP contribution is 2.37. The Morgan fingerprint density at radius 3 is 2.12 bits per heavy atom. The van der Waals surface area contributed by atoms with Crippen molar-refractivity contribution in [3.8, 4) is 17.2 Å². The molecule has 4 nitrogen and oxygen atoms in total. The Balaban J connectivity index is 1.77. The average molecular weight is 371 g/mol. The Kier molecular flexibility index (Phi) is 4.84. The first kappa shape index (κ1) is 18.5. The van der Waals surface area contributed by atoms with Crippen molar-refractivity contribution in [2.45, 2.75) is 38.9 Å². The topological polar surface area (TPSA) is 44.8 Å². The van der Waals surface area contributed by atoms with E-state index in [0.717, 1.165) is 5.75 Å². The van der Waals surface area contributed by atoms with Crippen LogP contribution in [0.4, 0.5) is 0 Å². The second kappa shape index (κ2) is 6.80. The maximum atomic E-state index is 12.8. The summed E-state index contributed by atoms with van der Waals surface area (Å²) in [4.78, 5) is 12.8. The van der Waals surface area contributed by atoms with E-state index < -0.39 is 8.32 Å². The Morgan fingerprint density at radius 1 is 0.923 bits per heavy atom.